The van der Waals surface area contributed by atoms with Crippen LogP contribution in [0, 0.1) is 18.9 Å². The molecule has 0 spiro atoms. The topological polar surface area (TPSA) is 78.3 Å². The Morgan fingerprint density at radius 3 is 2.50 bits per heavy atom. The maximum absolute atomic E-state index is 15.6. The Bertz CT molecular complexity index is 1740. The SMILES string of the molecule is Cc1ccc(S(=O)(=O)n2ccc3c(P(C)(C)=O)c(Oc4cccc(-c5n[c]cs5)c4)c(F)cc32)cc1. The van der Waals surface area contributed by atoms with Crippen LogP contribution >= 0.6 is 18.5 Å². The van der Waals surface area contributed by atoms with E-state index in [1.807, 2.05) is 13.0 Å². The predicted octanol–water partition coefficient (Wildman–Crippen LogP) is 6.29. The van der Waals surface area contributed by atoms with Crippen molar-refractivity contribution in [3.8, 4) is 22.1 Å². The van der Waals surface area contributed by atoms with Gasteiger partial charge in [-0.15, -0.1) is 11.3 Å². The molecule has 0 saturated heterocycles. The smallest absolute Gasteiger partial charge is 0.268 e. The number of aromatic nitrogens is 2. The van der Waals surface area contributed by atoms with E-state index < -0.39 is 23.0 Å². The molecule has 0 N–H and O–H groups in total. The zero-order chi connectivity index (χ0) is 25.7. The van der Waals surface area contributed by atoms with Crippen LogP contribution < -0.4 is 10.0 Å². The highest BCUT2D eigenvalue weighted by molar-refractivity contribution is 7.90. The molecule has 5 rings (SSSR count). The maximum Gasteiger partial charge on any atom is 0.268 e. The minimum Gasteiger partial charge on any atom is -0.453 e. The van der Waals surface area contributed by atoms with E-state index in [-0.39, 0.29) is 21.5 Å². The van der Waals surface area contributed by atoms with Gasteiger partial charge in [-0.05, 0) is 50.6 Å². The van der Waals surface area contributed by atoms with Crippen molar-refractivity contribution < 1.29 is 22.1 Å². The second-order valence-electron chi connectivity index (χ2n) is 8.66. The van der Waals surface area contributed by atoms with E-state index in [1.165, 1.54) is 49.1 Å². The van der Waals surface area contributed by atoms with Crippen molar-refractivity contribution in [2.75, 3.05) is 13.3 Å². The van der Waals surface area contributed by atoms with Crippen LogP contribution in [0.3, 0.4) is 0 Å². The minimum atomic E-state index is -4.01. The fourth-order valence-corrected chi connectivity index (χ4v) is 7.33. The Morgan fingerprint density at radius 1 is 1.08 bits per heavy atom. The zero-order valence-corrected chi connectivity index (χ0v) is 22.1. The Hall–Kier alpha value is -3.26. The molecule has 0 atom stereocenters. The number of rotatable bonds is 6. The van der Waals surface area contributed by atoms with Gasteiger partial charge in [0.1, 0.15) is 24.1 Å². The lowest BCUT2D eigenvalue weighted by Crippen LogP contribution is -2.14. The highest BCUT2D eigenvalue weighted by atomic mass is 32.2. The van der Waals surface area contributed by atoms with Crippen molar-refractivity contribution >= 4 is 44.7 Å². The number of hydrogen-bond acceptors (Lipinski definition) is 6. The fraction of sp³-hybridized carbons (Fsp3) is 0.115. The average molecular weight is 540 g/mol. The van der Waals surface area contributed by atoms with E-state index in [4.69, 9.17) is 4.74 Å². The molecule has 0 fully saturated rings. The van der Waals surface area contributed by atoms with Crippen molar-refractivity contribution in [3.05, 3.63) is 89.8 Å². The molecule has 2 heterocycles. The number of thiazole rings is 1. The minimum absolute atomic E-state index is 0.0697. The van der Waals surface area contributed by atoms with Crippen LogP contribution in [0.15, 0.2) is 77.1 Å². The first kappa shape index (κ1) is 24.4. The number of ether oxygens (including phenoxy) is 1. The Kier molecular flexibility index (Phi) is 6.11. The van der Waals surface area contributed by atoms with Crippen LogP contribution in [0.25, 0.3) is 21.5 Å². The van der Waals surface area contributed by atoms with E-state index in [0.717, 1.165) is 26.2 Å². The van der Waals surface area contributed by atoms with Gasteiger partial charge in [0, 0.05) is 28.6 Å². The third-order valence-corrected chi connectivity index (χ3v) is 9.65. The molecule has 0 amide bonds. The summed E-state index contributed by atoms with van der Waals surface area (Å²) in [5.41, 5.74) is 1.77. The summed E-state index contributed by atoms with van der Waals surface area (Å²) < 4.78 is 62.7. The van der Waals surface area contributed by atoms with Gasteiger partial charge in [0.05, 0.1) is 15.7 Å². The number of benzene rings is 3. The molecule has 0 bridgehead atoms. The first-order valence-electron chi connectivity index (χ1n) is 10.9. The molecule has 5 aromatic rings. The number of hydrogen-bond donors (Lipinski definition) is 0. The van der Waals surface area contributed by atoms with Crippen molar-refractivity contribution in [2.24, 2.45) is 0 Å². The second kappa shape index (κ2) is 9.00. The number of aryl methyl sites for hydroxylation is 1. The van der Waals surface area contributed by atoms with Crippen LogP contribution in [0.1, 0.15) is 5.56 Å². The van der Waals surface area contributed by atoms with Crippen molar-refractivity contribution in [2.45, 2.75) is 11.8 Å². The highest BCUT2D eigenvalue weighted by Gasteiger charge is 2.29. The second-order valence-corrected chi connectivity index (χ2v) is 14.5. The predicted molar refractivity (Wildman–Crippen MR) is 141 cm³/mol. The molecule has 0 aliphatic carbocycles. The largest absolute Gasteiger partial charge is 0.453 e. The van der Waals surface area contributed by atoms with Gasteiger partial charge < -0.3 is 9.30 Å². The molecule has 0 aliphatic rings. The Labute approximate surface area is 212 Å². The first-order chi connectivity index (χ1) is 17.1. The van der Waals surface area contributed by atoms with E-state index in [0.29, 0.717) is 11.1 Å². The zero-order valence-electron chi connectivity index (χ0n) is 19.6. The van der Waals surface area contributed by atoms with Crippen LogP contribution in [0.5, 0.6) is 11.5 Å². The summed E-state index contributed by atoms with van der Waals surface area (Å²) >= 11 is 1.41. The lowest BCUT2D eigenvalue weighted by atomic mass is 10.2. The Balaban J connectivity index is 1.66. The summed E-state index contributed by atoms with van der Waals surface area (Å²) in [4.78, 5) is 4.23. The molecular weight excluding hydrogens is 518 g/mol. The molecule has 183 valence electrons. The van der Waals surface area contributed by atoms with Gasteiger partial charge in [-0.3, -0.25) is 0 Å². The summed E-state index contributed by atoms with van der Waals surface area (Å²) in [6, 6.07) is 16.0. The molecular formula is C26H21FN2O4PS2. The molecule has 3 aromatic carbocycles. The normalized spacial score (nSPS) is 12.2. The van der Waals surface area contributed by atoms with Gasteiger partial charge in [0.15, 0.2) is 11.6 Å². The lowest BCUT2D eigenvalue weighted by Gasteiger charge is -2.18. The van der Waals surface area contributed by atoms with Gasteiger partial charge in [-0.2, -0.15) is 0 Å². The Morgan fingerprint density at radius 2 is 1.83 bits per heavy atom. The average Bonchev–Trinajstić information content (AvgIpc) is 3.50. The molecule has 36 heavy (non-hydrogen) atoms. The third kappa shape index (κ3) is 4.39. The molecule has 2 aromatic heterocycles. The molecule has 6 nitrogen and oxygen atoms in total. The van der Waals surface area contributed by atoms with Gasteiger partial charge in [-0.25, -0.2) is 21.8 Å². The number of fused-ring (bicyclic) bond motifs is 1. The van der Waals surface area contributed by atoms with Crippen LogP contribution in [-0.2, 0) is 14.6 Å². The lowest BCUT2D eigenvalue weighted by molar-refractivity contribution is 0.446. The molecule has 0 aliphatic heterocycles. The summed E-state index contributed by atoms with van der Waals surface area (Å²) in [7, 11) is -7.14. The molecule has 10 heteroatoms. The van der Waals surface area contributed by atoms with Crippen molar-refractivity contribution in [1.29, 1.82) is 0 Å². The number of halogens is 1. The van der Waals surface area contributed by atoms with Crippen molar-refractivity contribution in [3.63, 3.8) is 0 Å². The van der Waals surface area contributed by atoms with Crippen molar-refractivity contribution in [1.82, 2.24) is 8.96 Å². The monoisotopic (exact) mass is 539 g/mol. The summed E-state index contributed by atoms with van der Waals surface area (Å²) in [5.74, 6) is -0.667. The van der Waals surface area contributed by atoms with Gasteiger partial charge >= 0.3 is 0 Å². The number of nitrogens with zero attached hydrogens (tertiary/aromatic N) is 2. The van der Waals surface area contributed by atoms with Gasteiger partial charge in [0.25, 0.3) is 10.0 Å². The van der Waals surface area contributed by atoms with E-state index >= 15 is 4.39 Å². The standard InChI is InChI=1S/C26H21FN2O4PS2/c1-17-7-9-20(10-8-17)36(31,32)29-13-11-21-23(29)16-22(27)24(25(21)34(2,3)30)33-19-6-4-5-18(15-19)26-28-12-14-35-26/h4-11,13-16H,1-3H3. The van der Waals surface area contributed by atoms with E-state index in [1.54, 1.807) is 35.7 Å². The maximum atomic E-state index is 15.6. The fourth-order valence-electron chi connectivity index (χ4n) is 3.99. The molecule has 0 unspecified atom stereocenters. The third-order valence-electron chi connectivity index (χ3n) is 5.65. The van der Waals surface area contributed by atoms with Crippen LogP contribution in [-0.4, -0.2) is 30.7 Å². The first-order valence-corrected chi connectivity index (χ1v) is 15.8. The van der Waals surface area contributed by atoms with E-state index in [9.17, 15) is 13.0 Å². The molecule has 0 saturated carbocycles. The summed E-state index contributed by atoms with van der Waals surface area (Å²) in [5, 5.41) is 2.95. The van der Waals surface area contributed by atoms with E-state index in [2.05, 4.69) is 11.2 Å². The highest BCUT2D eigenvalue weighted by Crippen LogP contribution is 2.45. The van der Waals surface area contributed by atoms with Gasteiger partial charge in [-0.1, -0.05) is 29.8 Å². The molecule has 1 radical (unpaired) electrons. The summed E-state index contributed by atoms with van der Waals surface area (Å²) in [6.45, 7) is 4.86. The quantitative estimate of drug-likeness (QED) is 0.237. The summed E-state index contributed by atoms with van der Waals surface area (Å²) in [6.07, 6.45) is 4.11. The van der Waals surface area contributed by atoms with Gasteiger partial charge in [0.2, 0.25) is 0 Å². The van der Waals surface area contributed by atoms with Crippen LogP contribution in [0.2, 0.25) is 0 Å². The van der Waals surface area contributed by atoms with Crippen LogP contribution in [0.4, 0.5) is 4.39 Å².